The van der Waals surface area contributed by atoms with Gasteiger partial charge in [0.15, 0.2) is 0 Å². The molecule has 19 heavy (non-hydrogen) atoms. The topological polar surface area (TPSA) is 67.4 Å². The van der Waals surface area contributed by atoms with Crippen LogP contribution in [0.3, 0.4) is 0 Å². The van der Waals surface area contributed by atoms with E-state index in [0.29, 0.717) is 13.0 Å². The van der Waals surface area contributed by atoms with Crippen LogP contribution >= 0.6 is 0 Å². The van der Waals surface area contributed by atoms with Crippen molar-refractivity contribution in [3.63, 3.8) is 0 Å². The van der Waals surface area contributed by atoms with E-state index in [4.69, 9.17) is 4.74 Å². The molecular formula is C13H22N2O3S. The number of benzene rings is 1. The smallest absolute Gasteiger partial charge is 0.240 e. The Balaban J connectivity index is 2.81. The van der Waals surface area contributed by atoms with Gasteiger partial charge in [0, 0.05) is 25.4 Å². The second kappa shape index (κ2) is 7.47. The predicted molar refractivity (Wildman–Crippen MR) is 76.9 cm³/mol. The molecule has 1 aromatic rings. The van der Waals surface area contributed by atoms with Crippen LogP contribution < -0.4 is 10.0 Å². The normalized spacial score (nSPS) is 13.2. The Morgan fingerprint density at radius 1 is 1.21 bits per heavy atom. The van der Waals surface area contributed by atoms with Crippen LogP contribution in [0.5, 0.6) is 0 Å². The van der Waals surface area contributed by atoms with Gasteiger partial charge in [-0.2, -0.15) is 0 Å². The van der Waals surface area contributed by atoms with Crippen molar-refractivity contribution in [2.75, 3.05) is 25.6 Å². The fourth-order valence-electron chi connectivity index (χ4n) is 1.68. The average Bonchev–Trinajstić information content (AvgIpc) is 2.39. The quantitative estimate of drug-likeness (QED) is 0.765. The number of hydrogen-bond acceptors (Lipinski definition) is 4. The Morgan fingerprint density at radius 2 is 1.84 bits per heavy atom. The van der Waals surface area contributed by atoms with Crippen LogP contribution in [0, 0.1) is 0 Å². The summed E-state index contributed by atoms with van der Waals surface area (Å²) in [4.78, 5) is 0.267. The lowest BCUT2D eigenvalue weighted by Gasteiger charge is -2.16. The predicted octanol–water partition coefficient (Wildman–Crippen LogP) is 1.82. The number of hydrogen-bond donors (Lipinski definition) is 2. The van der Waals surface area contributed by atoms with Gasteiger partial charge in [0.2, 0.25) is 10.0 Å². The Kier molecular flexibility index (Phi) is 6.27. The van der Waals surface area contributed by atoms with Gasteiger partial charge in [0.1, 0.15) is 0 Å². The zero-order chi connectivity index (χ0) is 14.3. The molecule has 0 aliphatic rings. The maximum absolute atomic E-state index is 12.2. The van der Waals surface area contributed by atoms with Crippen molar-refractivity contribution in [2.24, 2.45) is 0 Å². The Morgan fingerprint density at radius 3 is 2.32 bits per heavy atom. The standard InChI is InChI=1S/C13H22N2O3S/c1-4-11(10-18-3)15-19(16,17)13-8-6-12(7-9-13)14-5-2/h6-9,11,14-15H,4-5,10H2,1-3H3. The molecule has 0 heterocycles. The maximum atomic E-state index is 12.2. The van der Waals surface area contributed by atoms with Gasteiger partial charge in [-0.25, -0.2) is 13.1 Å². The molecule has 1 aromatic carbocycles. The van der Waals surface area contributed by atoms with Crippen LogP contribution in [0.2, 0.25) is 0 Å². The lowest BCUT2D eigenvalue weighted by molar-refractivity contribution is 0.173. The number of sulfonamides is 1. The molecule has 0 aromatic heterocycles. The van der Waals surface area contributed by atoms with E-state index in [-0.39, 0.29) is 10.9 Å². The van der Waals surface area contributed by atoms with Crippen molar-refractivity contribution >= 4 is 15.7 Å². The van der Waals surface area contributed by atoms with Crippen LogP contribution in [0.25, 0.3) is 0 Å². The summed E-state index contributed by atoms with van der Waals surface area (Å²) in [7, 11) is -1.93. The molecule has 5 nitrogen and oxygen atoms in total. The van der Waals surface area contributed by atoms with Crippen molar-refractivity contribution in [1.29, 1.82) is 0 Å². The van der Waals surface area contributed by atoms with E-state index >= 15 is 0 Å². The highest BCUT2D eigenvalue weighted by Crippen LogP contribution is 2.14. The summed E-state index contributed by atoms with van der Waals surface area (Å²) < 4.78 is 31.9. The van der Waals surface area contributed by atoms with Crippen molar-refractivity contribution in [3.05, 3.63) is 24.3 Å². The zero-order valence-electron chi connectivity index (χ0n) is 11.6. The third-order valence-electron chi connectivity index (χ3n) is 2.73. The zero-order valence-corrected chi connectivity index (χ0v) is 12.5. The molecule has 0 aliphatic carbocycles. The van der Waals surface area contributed by atoms with Gasteiger partial charge >= 0.3 is 0 Å². The number of methoxy groups -OCH3 is 1. The Labute approximate surface area is 115 Å². The second-order valence-electron chi connectivity index (χ2n) is 4.24. The van der Waals surface area contributed by atoms with Gasteiger partial charge in [-0.05, 0) is 37.6 Å². The molecule has 0 saturated heterocycles. The minimum atomic E-state index is -3.48. The monoisotopic (exact) mass is 286 g/mol. The molecule has 1 atom stereocenters. The first-order valence-electron chi connectivity index (χ1n) is 6.38. The molecular weight excluding hydrogens is 264 g/mol. The number of ether oxygens (including phenoxy) is 1. The van der Waals surface area contributed by atoms with Crippen molar-refractivity contribution in [3.8, 4) is 0 Å². The summed E-state index contributed by atoms with van der Waals surface area (Å²) in [6.45, 7) is 5.07. The van der Waals surface area contributed by atoms with Crippen LogP contribution in [0.4, 0.5) is 5.69 Å². The highest BCUT2D eigenvalue weighted by molar-refractivity contribution is 7.89. The molecule has 0 spiro atoms. The molecule has 0 aliphatic heterocycles. The number of nitrogens with one attached hydrogen (secondary N) is 2. The Hall–Kier alpha value is -1.11. The van der Waals surface area contributed by atoms with Gasteiger partial charge in [0.25, 0.3) is 0 Å². The highest BCUT2D eigenvalue weighted by atomic mass is 32.2. The molecule has 0 radical (unpaired) electrons. The summed E-state index contributed by atoms with van der Waals surface area (Å²) in [6, 6.07) is 6.51. The third-order valence-corrected chi connectivity index (χ3v) is 4.26. The van der Waals surface area contributed by atoms with Gasteiger partial charge in [0.05, 0.1) is 11.5 Å². The van der Waals surface area contributed by atoms with Gasteiger partial charge < -0.3 is 10.1 Å². The molecule has 108 valence electrons. The summed E-state index contributed by atoms with van der Waals surface area (Å²) in [6.07, 6.45) is 0.683. The van der Waals surface area contributed by atoms with E-state index in [0.717, 1.165) is 12.2 Å². The molecule has 0 bridgehead atoms. The molecule has 6 heteroatoms. The van der Waals surface area contributed by atoms with E-state index in [1.165, 1.54) is 0 Å². The molecule has 1 unspecified atom stereocenters. The minimum Gasteiger partial charge on any atom is -0.385 e. The third kappa shape index (κ3) is 4.81. The number of anilines is 1. The van der Waals surface area contributed by atoms with E-state index in [1.54, 1.807) is 31.4 Å². The molecule has 1 rings (SSSR count). The first kappa shape index (κ1) is 15.9. The van der Waals surface area contributed by atoms with Crippen molar-refractivity contribution in [1.82, 2.24) is 4.72 Å². The summed E-state index contributed by atoms with van der Waals surface area (Å²) >= 11 is 0. The SMILES string of the molecule is CCNc1ccc(S(=O)(=O)NC(CC)COC)cc1. The average molecular weight is 286 g/mol. The minimum absolute atomic E-state index is 0.205. The summed E-state index contributed by atoms with van der Waals surface area (Å²) in [5, 5.41) is 3.12. The number of rotatable bonds is 8. The van der Waals surface area contributed by atoms with Gasteiger partial charge in [-0.3, -0.25) is 0 Å². The Bertz CT molecular complexity index is 471. The first-order chi connectivity index (χ1) is 9.03. The van der Waals surface area contributed by atoms with Gasteiger partial charge in [-0.15, -0.1) is 0 Å². The van der Waals surface area contributed by atoms with E-state index < -0.39 is 10.0 Å². The molecule has 0 amide bonds. The highest BCUT2D eigenvalue weighted by Gasteiger charge is 2.18. The van der Waals surface area contributed by atoms with Crippen molar-refractivity contribution in [2.45, 2.75) is 31.2 Å². The lowest BCUT2D eigenvalue weighted by atomic mass is 10.3. The van der Waals surface area contributed by atoms with Crippen LogP contribution in [0.1, 0.15) is 20.3 Å². The van der Waals surface area contributed by atoms with Crippen LogP contribution in [-0.2, 0) is 14.8 Å². The second-order valence-corrected chi connectivity index (χ2v) is 5.95. The fraction of sp³-hybridized carbons (Fsp3) is 0.538. The summed E-state index contributed by atoms with van der Waals surface area (Å²) in [5.74, 6) is 0. The lowest BCUT2D eigenvalue weighted by Crippen LogP contribution is -2.37. The van der Waals surface area contributed by atoms with Crippen LogP contribution in [0.15, 0.2) is 29.2 Å². The summed E-state index contributed by atoms with van der Waals surface area (Å²) in [5.41, 5.74) is 0.908. The molecule has 2 N–H and O–H groups in total. The first-order valence-corrected chi connectivity index (χ1v) is 7.87. The van der Waals surface area contributed by atoms with Gasteiger partial charge in [-0.1, -0.05) is 6.92 Å². The fourth-order valence-corrected chi connectivity index (χ4v) is 2.98. The molecule has 0 fully saturated rings. The maximum Gasteiger partial charge on any atom is 0.240 e. The van der Waals surface area contributed by atoms with E-state index in [9.17, 15) is 8.42 Å². The van der Waals surface area contributed by atoms with Crippen LogP contribution in [-0.4, -0.2) is 34.7 Å². The van der Waals surface area contributed by atoms with Crippen molar-refractivity contribution < 1.29 is 13.2 Å². The largest absolute Gasteiger partial charge is 0.385 e. The van der Waals surface area contributed by atoms with E-state index in [1.807, 2.05) is 13.8 Å². The molecule has 0 saturated carbocycles. The van der Waals surface area contributed by atoms with E-state index in [2.05, 4.69) is 10.0 Å².